The molecule has 0 amide bonds. The summed E-state index contributed by atoms with van der Waals surface area (Å²) in [6.07, 6.45) is 7.50. The second-order valence-electron chi connectivity index (χ2n) is 5.16. The maximum absolute atomic E-state index is 12.9. The van der Waals surface area contributed by atoms with Crippen LogP contribution in [0.4, 0.5) is 4.39 Å². The predicted molar refractivity (Wildman–Crippen MR) is 88.4 cm³/mol. The number of aryl methyl sites for hydroxylation is 2. The topological polar surface area (TPSA) is 71.8 Å². The summed E-state index contributed by atoms with van der Waals surface area (Å²) < 4.78 is 12.9. The summed E-state index contributed by atoms with van der Waals surface area (Å²) in [6.45, 7) is 0. The Morgan fingerprint density at radius 3 is 2.50 bits per heavy atom. The van der Waals surface area contributed by atoms with Crippen molar-refractivity contribution in [1.82, 2.24) is 19.9 Å². The average molecular weight is 322 g/mol. The van der Waals surface area contributed by atoms with Crippen LogP contribution in [0.2, 0.25) is 0 Å². The second kappa shape index (κ2) is 7.41. The molecule has 1 aromatic carbocycles. The Bertz CT molecular complexity index is 835. The zero-order chi connectivity index (χ0) is 16.8. The summed E-state index contributed by atoms with van der Waals surface area (Å²) in [5.74, 6) is -0.0606. The van der Waals surface area contributed by atoms with Crippen molar-refractivity contribution in [3.63, 3.8) is 0 Å². The van der Waals surface area contributed by atoms with E-state index in [9.17, 15) is 9.50 Å². The average Bonchev–Trinajstić information content (AvgIpc) is 2.62. The van der Waals surface area contributed by atoms with Gasteiger partial charge in [-0.2, -0.15) is 0 Å². The molecule has 0 fully saturated rings. The van der Waals surface area contributed by atoms with Crippen LogP contribution >= 0.6 is 0 Å². The molecule has 0 saturated carbocycles. The van der Waals surface area contributed by atoms with E-state index in [4.69, 9.17) is 0 Å². The second-order valence-corrected chi connectivity index (χ2v) is 5.16. The van der Waals surface area contributed by atoms with Gasteiger partial charge in [-0.3, -0.25) is 0 Å². The van der Waals surface area contributed by atoms with Gasteiger partial charge in [-0.25, -0.2) is 24.3 Å². The van der Waals surface area contributed by atoms with Crippen molar-refractivity contribution < 1.29 is 9.50 Å². The van der Waals surface area contributed by atoms with Crippen LogP contribution in [-0.2, 0) is 12.8 Å². The van der Waals surface area contributed by atoms with Gasteiger partial charge in [0, 0.05) is 24.2 Å². The Morgan fingerprint density at radius 2 is 1.75 bits per heavy atom. The minimum absolute atomic E-state index is 0.0567. The Balaban J connectivity index is 1.71. The number of hydrogen-bond donors (Lipinski definition) is 1. The number of aliphatic hydroxyl groups is 1. The van der Waals surface area contributed by atoms with Gasteiger partial charge in [0.1, 0.15) is 12.1 Å². The molecule has 2 heterocycles. The smallest absolute Gasteiger partial charge is 0.194 e. The summed E-state index contributed by atoms with van der Waals surface area (Å²) in [5, 5.41) is 10.0. The molecule has 0 atom stereocenters. The van der Waals surface area contributed by atoms with Crippen molar-refractivity contribution in [2.75, 3.05) is 0 Å². The van der Waals surface area contributed by atoms with E-state index in [1.165, 1.54) is 24.5 Å². The number of nitrogens with zero attached hydrogens (tertiary/aromatic N) is 4. The van der Waals surface area contributed by atoms with Crippen LogP contribution in [0.5, 0.6) is 0 Å². The van der Waals surface area contributed by atoms with Crippen molar-refractivity contribution in [2.45, 2.75) is 12.8 Å². The van der Waals surface area contributed by atoms with Gasteiger partial charge in [-0.15, -0.1) is 0 Å². The first-order valence-corrected chi connectivity index (χ1v) is 7.44. The lowest BCUT2D eigenvalue weighted by atomic mass is 10.1. The first-order chi connectivity index (χ1) is 11.7. The minimum atomic E-state index is -0.244. The fraction of sp³-hybridized carbons (Fsp3) is 0.111. The third-order valence-corrected chi connectivity index (χ3v) is 3.41. The molecule has 0 aliphatic rings. The molecule has 3 aromatic rings. The van der Waals surface area contributed by atoms with Crippen molar-refractivity contribution in [1.29, 1.82) is 0 Å². The lowest BCUT2D eigenvalue weighted by Crippen LogP contribution is -1.97. The maximum atomic E-state index is 12.9. The standard InChI is InChI=1S/C18H15FN4O/c19-14-5-2-13(3-6-14)4-7-15-10-16(23-12-22-15)11-17(24)18-20-8-1-9-21-18/h1-3,5-6,8-12,24H,4,7H2/b17-11-. The molecule has 24 heavy (non-hydrogen) atoms. The number of aromatic nitrogens is 4. The lowest BCUT2D eigenvalue weighted by Gasteiger charge is -2.03. The fourth-order valence-electron chi connectivity index (χ4n) is 2.19. The highest BCUT2D eigenvalue weighted by molar-refractivity contribution is 5.71. The lowest BCUT2D eigenvalue weighted by molar-refractivity contribution is 0.508. The molecule has 0 unspecified atom stereocenters. The Kier molecular flexibility index (Phi) is 4.86. The number of halogens is 1. The molecule has 120 valence electrons. The van der Waals surface area contributed by atoms with Crippen LogP contribution in [-0.4, -0.2) is 25.0 Å². The van der Waals surface area contributed by atoms with Gasteiger partial charge >= 0.3 is 0 Å². The minimum Gasteiger partial charge on any atom is -0.504 e. The summed E-state index contributed by atoms with van der Waals surface area (Å²) in [6, 6.07) is 9.88. The molecule has 0 bridgehead atoms. The van der Waals surface area contributed by atoms with Crippen LogP contribution in [0.3, 0.4) is 0 Å². The Morgan fingerprint density at radius 1 is 1.00 bits per heavy atom. The monoisotopic (exact) mass is 322 g/mol. The molecule has 0 aliphatic heterocycles. The number of benzene rings is 1. The van der Waals surface area contributed by atoms with E-state index in [-0.39, 0.29) is 17.4 Å². The highest BCUT2D eigenvalue weighted by Gasteiger charge is 2.04. The third kappa shape index (κ3) is 4.19. The van der Waals surface area contributed by atoms with E-state index < -0.39 is 0 Å². The predicted octanol–water partition coefficient (Wildman–Crippen LogP) is 3.25. The first-order valence-electron chi connectivity index (χ1n) is 7.44. The molecule has 0 spiro atoms. The van der Waals surface area contributed by atoms with E-state index >= 15 is 0 Å². The van der Waals surface area contributed by atoms with Gasteiger partial charge in [0.05, 0.1) is 5.69 Å². The Hall–Kier alpha value is -3.15. The zero-order valence-corrected chi connectivity index (χ0v) is 12.8. The van der Waals surface area contributed by atoms with E-state index in [1.54, 1.807) is 36.7 Å². The first kappa shape index (κ1) is 15.7. The number of rotatable bonds is 5. The summed E-state index contributed by atoms with van der Waals surface area (Å²) in [7, 11) is 0. The molecule has 0 aliphatic carbocycles. The van der Waals surface area contributed by atoms with Gasteiger partial charge in [-0.05, 0) is 42.7 Å². The number of hydrogen-bond acceptors (Lipinski definition) is 5. The van der Waals surface area contributed by atoms with Gasteiger partial charge in [0.25, 0.3) is 0 Å². The van der Waals surface area contributed by atoms with Gasteiger partial charge < -0.3 is 5.11 Å². The van der Waals surface area contributed by atoms with Crippen LogP contribution in [0.1, 0.15) is 22.8 Å². The summed E-state index contributed by atoms with van der Waals surface area (Å²) in [4.78, 5) is 16.3. The van der Waals surface area contributed by atoms with Crippen molar-refractivity contribution in [3.8, 4) is 0 Å². The Labute approximate surface area is 138 Å². The summed E-state index contributed by atoms with van der Waals surface area (Å²) >= 11 is 0. The number of aliphatic hydroxyl groups excluding tert-OH is 1. The van der Waals surface area contributed by atoms with Crippen molar-refractivity contribution >= 4 is 11.8 Å². The normalized spacial score (nSPS) is 11.5. The van der Waals surface area contributed by atoms with E-state index in [2.05, 4.69) is 19.9 Å². The molecule has 1 N–H and O–H groups in total. The molecule has 0 saturated heterocycles. The van der Waals surface area contributed by atoms with Crippen LogP contribution in [0, 0.1) is 5.82 Å². The van der Waals surface area contributed by atoms with Crippen LogP contribution in [0.25, 0.3) is 11.8 Å². The molecular formula is C18H15FN4O. The van der Waals surface area contributed by atoms with E-state index in [0.717, 1.165) is 17.7 Å². The molecule has 5 nitrogen and oxygen atoms in total. The van der Waals surface area contributed by atoms with Gasteiger partial charge in [0.15, 0.2) is 11.6 Å². The molecular weight excluding hydrogens is 307 g/mol. The molecule has 3 rings (SSSR count). The van der Waals surface area contributed by atoms with Crippen molar-refractivity contribution in [3.05, 3.63) is 83.7 Å². The molecule has 0 radical (unpaired) electrons. The molecule has 6 heteroatoms. The molecule has 2 aromatic heterocycles. The quantitative estimate of drug-likeness (QED) is 0.730. The maximum Gasteiger partial charge on any atom is 0.194 e. The highest BCUT2D eigenvalue weighted by atomic mass is 19.1. The van der Waals surface area contributed by atoms with Crippen molar-refractivity contribution in [2.24, 2.45) is 0 Å². The van der Waals surface area contributed by atoms with Gasteiger partial charge in [0.2, 0.25) is 0 Å². The SMILES string of the molecule is O/C(=C\c1cc(CCc2ccc(F)cc2)ncn1)c1ncccn1. The van der Waals surface area contributed by atoms with E-state index in [1.807, 2.05) is 0 Å². The summed E-state index contributed by atoms with van der Waals surface area (Å²) in [5.41, 5.74) is 2.44. The zero-order valence-electron chi connectivity index (χ0n) is 12.8. The van der Waals surface area contributed by atoms with Gasteiger partial charge in [-0.1, -0.05) is 12.1 Å². The highest BCUT2D eigenvalue weighted by Crippen LogP contribution is 2.12. The third-order valence-electron chi connectivity index (χ3n) is 3.41. The largest absolute Gasteiger partial charge is 0.504 e. The van der Waals surface area contributed by atoms with Crippen LogP contribution < -0.4 is 0 Å². The fourth-order valence-corrected chi connectivity index (χ4v) is 2.19. The van der Waals surface area contributed by atoms with E-state index in [0.29, 0.717) is 12.1 Å². The van der Waals surface area contributed by atoms with Crippen LogP contribution in [0.15, 0.2) is 55.1 Å².